The van der Waals surface area contributed by atoms with Gasteiger partial charge in [-0.25, -0.2) is 0 Å². The van der Waals surface area contributed by atoms with Gasteiger partial charge in [0.25, 0.3) is 0 Å². The Labute approximate surface area is 162 Å². The maximum absolute atomic E-state index is 12.4. The number of nitrogens with one attached hydrogen (secondary N) is 1. The molecule has 0 aliphatic carbocycles. The maximum atomic E-state index is 12.4. The molecule has 1 aliphatic rings. The molecule has 1 heterocycles. The molecule has 156 valence electrons. The van der Waals surface area contributed by atoms with Gasteiger partial charge in [0.15, 0.2) is 11.5 Å². The smallest absolute Gasteiger partial charge is 0.387 e. The molecule has 28 heavy (non-hydrogen) atoms. The van der Waals surface area contributed by atoms with Crippen LogP contribution in [0.4, 0.5) is 8.78 Å². The Bertz CT molecular complexity index is 672. The van der Waals surface area contributed by atoms with Crippen LogP contribution in [0.2, 0.25) is 0 Å². The van der Waals surface area contributed by atoms with E-state index >= 15 is 0 Å². The number of hydrogen-bond acceptors (Lipinski definition) is 6. The van der Waals surface area contributed by atoms with E-state index < -0.39 is 6.61 Å². The van der Waals surface area contributed by atoms with Gasteiger partial charge in [0.1, 0.15) is 0 Å². The first-order valence-corrected chi connectivity index (χ1v) is 9.20. The third-order valence-corrected chi connectivity index (χ3v) is 4.43. The van der Waals surface area contributed by atoms with Crippen LogP contribution in [0.3, 0.4) is 0 Å². The fourth-order valence-electron chi connectivity index (χ4n) is 3.13. The second-order valence-corrected chi connectivity index (χ2v) is 6.47. The quantitative estimate of drug-likeness (QED) is 0.641. The van der Waals surface area contributed by atoms with Gasteiger partial charge >= 0.3 is 12.6 Å². The summed E-state index contributed by atoms with van der Waals surface area (Å²) in [5.74, 6) is -0.499. The monoisotopic (exact) mass is 400 g/mol. The Balaban J connectivity index is 1.84. The highest BCUT2D eigenvalue weighted by Gasteiger charge is 2.27. The van der Waals surface area contributed by atoms with Crippen molar-refractivity contribution in [1.82, 2.24) is 10.2 Å². The number of carbonyl (C=O) groups excluding carboxylic acids is 2. The number of likely N-dealkylation sites (tertiary alicyclic amines) is 1. The van der Waals surface area contributed by atoms with Crippen LogP contribution in [0.5, 0.6) is 11.5 Å². The number of ether oxygens (including phenoxy) is 3. The molecule has 9 heteroatoms. The zero-order chi connectivity index (χ0) is 20.5. The molecule has 1 aliphatic heterocycles. The number of nitrogens with zero attached hydrogens (tertiary/aromatic N) is 1. The molecule has 1 saturated heterocycles. The molecule has 1 N–H and O–H groups in total. The van der Waals surface area contributed by atoms with Crippen molar-refractivity contribution in [3.8, 4) is 11.5 Å². The van der Waals surface area contributed by atoms with Crippen molar-refractivity contribution in [2.75, 3.05) is 33.4 Å². The number of halogens is 2. The highest BCUT2D eigenvalue weighted by molar-refractivity contribution is 5.78. The molecule has 2 rings (SSSR count). The van der Waals surface area contributed by atoms with Gasteiger partial charge in [0, 0.05) is 13.1 Å². The molecule has 0 aromatic heterocycles. The first kappa shape index (κ1) is 21.9. The van der Waals surface area contributed by atoms with Crippen LogP contribution >= 0.6 is 0 Å². The van der Waals surface area contributed by atoms with Gasteiger partial charge in [-0.05, 0) is 44.0 Å². The van der Waals surface area contributed by atoms with Crippen molar-refractivity contribution in [3.63, 3.8) is 0 Å². The molecule has 0 saturated carbocycles. The van der Waals surface area contributed by atoms with Crippen LogP contribution in [0.15, 0.2) is 18.2 Å². The van der Waals surface area contributed by atoms with Crippen LogP contribution in [0, 0.1) is 5.92 Å². The summed E-state index contributed by atoms with van der Waals surface area (Å²) in [6, 6.07) is 4.49. The van der Waals surface area contributed by atoms with Crippen LogP contribution < -0.4 is 14.8 Å². The molecule has 1 aromatic carbocycles. The molecule has 1 fully saturated rings. The largest absolute Gasteiger partial charge is 0.493 e. The molecule has 0 bridgehead atoms. The van der Waals surface area contributed by atoms with Gasteiger partial charge in [0.2, 0.25) is 5.91 Å². The highest BCUT2D eigenvalue weighted by Crippen LogP contribution is 2.29. The van der Waals surface area contributed by atoms with Crippen molar-refractivity contribution in [2.45, 2.75) is 32.9 Å². The zero-order valence-corrected chi connectivity index (χ0v) is 16.1. The van der Waals surface area contributed by atoms with Gasteiger partial charge in [-0.2, -0.15) is 8.78 Å². The van der Waals surface area contributed by atoms with E-state index in [0.717, 1.165) is 19.4 Å². The zero-order valence-electron chi connectivity index (χ0n) is 16.1. The predicted molar refractivity (Wildman–Crippen MR) is 97.3 cm³/mol. The lowest BCUT2D eigenvalue weighted by Crippen LogP contribution is -2.44. The summed E-state index contributed by atoms with van der Waals surface area (Å²) in [6.45, 7) is 0.825. The number of methoxy groups -OCH3 is 1. The summed E-state index contributed by atoms with van der Waals surface area (Å²) >= 11 is 0. The van der Waals surface area contributed by atoms with E-state index in [4.69, 9.17) is 9.47 Å². The molecule has 0 radical (unpaired) electrons. The summed E-state index contributed by atoms with van der Waals surface area (Å²) in [5, 5.41) is 2.79. The SMILES string of the molecule is CCOC(=O)[C@@H]1CCCN(CC(=O)NCc2ccc(OC(F)F)c(OC)c2)C1. The summed E-state index contributed by atoms with van der Waals surface area (Å²) in [4.78, 5) is 26.0. The minimum absolute atomic E-state index is 0.0640. The molecule has 7 nitrogen and oxygen atoms in total. The lowest BCUT2D eigenvalue weighted by molar-refractivity contribution is -0.150. The lowest BCUT2D eigenvalue weighted by atomic mass is 9.98. The van der Waals surface area contributed by atoms with Crippen molar-refractivity contribution in [2.24, 2.45) is 5.92 Å². The first-order chi connectivity index (χ1) is 13.4. The standard InChI is InChI=1S/C19H26F2N2O5/c1-3-27-18(25)14-5-4-8-23(11-14)12-17(24)22-10-13-6-7-15(28-19(20)21)16(9-13)26-2/h6-7,9,14,19H,3-5,8,10-12H2,1-2H3,(H,22,24)/t14-/m1/s1. The fourth-order valence-corrected chi connectivity index (χ4v) is 3.13. The van der Waals surface area contributed by atoms with Crippen molar-refractivity contribution < 1.29 is 32.6 Å². The highest BCUT2D eigenvalue weighted by atomic mass is 19.3. The third-order valence-electron chi connectivity index (χ3n) is 4.43. The first-order valence-electron chi connectivity index (χ1n) is 9.20. The summed E-state index contributed by atoms with van der Waals surface area (Å²) in [5.41, 5.74) is 0.690. The number of rotatable bonds is 9. The van der Waals surface area contributed by atoms with Crippen molar-refractivity contribution in [3.05, 3.63) is 23.8 Å². The summed E-state index contributed by atoms with van der Waals surface area (Å²) < 4.78 is 39.2. The Kier molecular flexibility index (Phi) is 8.43. The van der Waals surface area contributed by atoms with E-state index in [-0.39, 0.29) is 42.4 Å². The molecule has 0 unspecified atom stereocenters. The van der Waals surface area contributed by atoms with Crippen LogP contribution in [0.1, 0.15) is 25.3 Å². The molecular weight excluding hydrogens is 374 g/mol. The fraction of sp³-hybridized carbons (Fsp3) is 0.579. The van der Waals surface area contributed by atoms with Crippen LogP contribution in [-0.4, -0.2) is 56.7 Å². The predicted octanol–water partition coefficient (Wildman–Crippen LogP) is 2.19. The summed E-state index contributed by atoms with van der Waals surface area (Å²) in [6.07, 6.45) is 1.60. The number of alkyl halides is 2. The average Bonchev–Trinajstić information content (AvgIpc) is 2.67. The Morgan fingerprint density at radius 3 is 2.79 bits per heavy atom. The Hall–Kier alpha value is -2.42. The number of carbonyl (C=O) groups is 2. The number of piperidine rings is 1. The number of benzene rings is 1. The van der Waals surface area contributed by atoms with Crippen LogP contribution in [-0.2, 0) is 20.9 Å². The van der Waals surface area contributed by atoms with Crippen molar-refractivity contribution >= 4 is 11.9 Å². The normalized spacial score (nSPS) is 17.2. The Morgan fingerprint density at radius 1 is 1.32 bits per heavy atom. The second-order valence-electron chi connectivity index (χ2n) is 6.47. The molecule has 1 aromatic rings. The molecular formula is C19H26F2N2O5. The van der Waals surface area contributed by atoms with E-state index in [1.807, 2.05) is 4.90 Å². The molecule has 1 atom stereocenters. The average molecular weight is 400 g/mol. The van der Waals surface area contributed by atoms with Crippen LogP contribution in [0.25, 0.3) is 0 Å². The third kappa shape index (κ3) is 6.63. The number of esters is 1. The van der Waals surface area contributed by atoms with Gasteiger partial charge in [-0.15, -0.1) is 0 Å². The Morgan fingerprint density at radius 2 is 2.11 bits per heavy atom. The van der Waals surface area contributed by atoms with Crippen molar-refractivity contribution in [1.29, 1.82) is 0 Å². The van der Waals surface area contributed by atoms with E-state index in [1.54, 1.807) is 13.0 Å². The van der Waals surface area contributed by atoms with E-state index in [9.17, 15) is 18.4 Å². The topological polar surface area (TPSA) is 77.1 Å². The number of amides is 1. The van der Waals surface area contributed by atoms with E-state index in [1.165, 1.54) is 19.2 Å². The molecule has 0 spiro atoms. The number of hydrogen-bond donors (Lipinski definition) is 1. The minimum atomic E-state index is -2.94. The van der Waals surface area contributed by atoms with Gasteiger partial charge < -0.3 is 19.5 Å². The second kappa shape index (κ2) is 10.8. The summed E-state index contributed by atoms with van der Waals surface area (Å²) in [7, 11) is 1.35. The van der Waals surface area contributed by atoms with Gasteiger partial charge in [-0.3, -0.25) is 14.5 Å². The molecule has 1 amide bonds. The minimum Gasteiger partial charge on any atom is -0.493 e. The van der Waals surface area contributed by atoms with E-state index in [0.29, 0.717) is 18.7 Å². The van der Waals surface area contributed by atoms with Gasteiger partial charge in [0.05, 0.1) is 26.2 Å². The lowest BCUT2D eigenvalue weighted by Gasteiger charge is -2.30. The van der Waals surface area contributed by atoms with Gasteiger partial charge in [-0.1, -0.05) is 6.07 Å². The van der Waals surface area contributed by atoms with E-state index in [2.05, 4.69) is 10.1 Å². The maximum Gasteiger partial charge on any atom is 0.387 e.